The monoisotopic (exact) mass is 409 g/mol. The molecule has 1 atom stereocenters. The molecule has 30 heavy (non-hydrogen) atoms. The van der Waals surface area contributed by atoms with E-state index in [1.807, 2.05) is 11.6 Å². The minimum atomic E-state index is -0.474. The molecule has 3 aromatic rings. The number of hydrogen-bond donors (Lipinski definition) is 1. The fourth-order valence-electron chi connectivity index (χ4n) is 3.05. The molecule has 1 aromatic heterocycles. The van der Waals surface area contributed by atoms with E-state index in [2.05, 4.69) is 10.3 Å². The van der Waals surface area contributed by atoms with Gasteiger partial charge in [0.25, 0.3) is 0 Å². The second-order valence-electron chi connectivity index (χ2n) is 6.98. The van der Waals surface area contributed by atoms with Crippen LogP contribution in [0.1, 0.15) is 47.6 Å². The van der Waals surface area contributed by atoms with Gasteiger partial charge in [-0.3, -0.25) is 9.59 Å². The van der Waals surface area contributed by atoms with Crippen molar-refractivity contribution in [2.45, 2.75) is 25.8 Å². The largest absolute Gasteiger partial charge is 0.494 e. The fraction of sp³-hybridized carbons (Fsp3) is 0.261. The van der Waals surface area contributed by atoms with Gasteiger partial charge < -0.3 is 14.6 Å². The van der Waals surface area contributed by atoms with Crippen LogP contribution in [0.2, 0.25) is 0 Å². The molecule has 0 saturated heterocycles. The van der Waals surface area contributed by atoms with Crippen molar-refractivity contribution in [3.8, 4) is 5.75 Å². The van der Waals surface area contributed by atoms with E-state index in [0.717, 1.165) is 5.56 Å². The number of imidazole rings is 1. The molecule has 0 aliphatic heterocycles. The maximum atomic E-state index is 13.3. The van der Waals surface area contributed by atoms with Gasteiger partial charge in [-0.1, -0.05) is 12.1 Å². The molecule has 0 fully saturated rings. The lowest BCUT2D eigenvalue weighted by Crippen LogP contribution is -2.31. The first kappa shape index (κ1) is 21.2. The van der Waals surface area contributed by atoms with E-state index >= 15 is 0 Å². The predicted octanol–water partition coefficient (Wildman–Crippen LogP) is 3.83. The molecular formula is C23H24FN3O3. The minimum absolute atomic E-state index is 0.00152. The third-order valence-electron chi connectivity index (χ3n) is 4.70. The van der Waals surface area contributed by atoms with E-state index in [1.54, 1.807) is 48.8 Å². The van der Waals surface area contributed by atoms with Crippen molar-refractivity contribution < 1.29 is 18.7 Å². The van der Waals surface area contributed by atoms with E-state index in [9.17, 15) is 14.0 Å². The van der Waals surface area contributed by atoms with Gasteiger partial charge in [0.15, 0.2) is 5.78 Å². The average Bonchev–Trinajstić information content (AvgIpc) is 3.16. The number of nitrogens with one attached hydrogen (secondary N) is 1. The maximum Gasteiger partial charge on any atom is 0.220 e. The number of benzene rings is 2. The van der Waals surface area contributed by atoms with E-state index < -0.39 is 6.04 Å². The molecular weight excluding hydrogens is 385 g/mol. The molecule has 3 rings (SSSR count). The smallest absolute Gasteiger partial charge is 0.220 e. The molecule has 6 nitrogen and oxygen atoms in total. The minimum Gasteiger partial charge on any atom is -0.494 e. The van der Waals surface area contributed by atoms with Gasteiger partial charge in [-0.05, 0) is 55.3 Å². The topological polar surface area (TPSA) is 73.2 Å². The van der Waals surface area contributed by atoms with E-state index in [4.69, 9.17) is 4.74 Å². The Morgan fingerprint density at radius 2 is 1.83 bits per heavy atom. The number of nitrogens with zero attached hydrogens (tertiary/aromatic N) is 2. The number of rotatable bonds is 9. The van der Waals surface area contributed by atoms with Gasteiger partial charge in [-0.2, -0.15) is 0 Å². The van der Waals surface area contributed by atoms with Crippen molar-refractivity contribution >= 4 is 11.7 Å². The molecule has 156 valence electrons. The molecule has 0 aliphatic rings. The number of ketones is 1. The van der Waals surface area contributed by atoms with Crippen LogP contribution in [0.5, 0.6) is 5.75 Å². The van der Waals surface area contributed by atoms with Crippen LogP contribution in [-0.2, 0) is 11.8 Å². The Morgan fingerprint density at radius 1 is 1.13 bits per heavy atom. The Labute approximate surface area is 174 Å². The molecule has 1 unspecified atom stereocenters. The standard InChI is InChI=1S/C23H24FN3O3/c1-16(28)17-7-11-20(12-8-17)30-15-3-4-21(29)26-22(23-25-13-14-27(23)2)18-5-9-19(24)10-6-18/h5-14,22H,3-4,15H2,1-2H3,(H,26,29). The molecule has 1 amide bonds. The highest BCUT2D eigenvalue weighted by molar-refractivity contribution is 5.94. The van der Waals surface area contributed by atoms with Crippen molar-refractivity contribution in [1.82, 2.24) is 14.9 Å². The highest BCUT2D eigenvalue weighted by Gasteiger charge is 2.20. The summed E-state index contributed by atoms with van der Waals surface area (Å²) < 4.78 is 20.8. The van der Waals surface area contributed by atoms with Crippen molar-refractivity contribution in [2.75, 3.05) is 6.61 Å². The van der Waals surface area contributed by atoms with Gasteiger partial charge in [-0.25, -0.2) is 9.37 Å². The third kappa shape index (κ3) is 5.53. The van der Waals surface area contributed by atoms with Gasteiger partial charge >= 0.3 is 0 Å². The second-order valence-corrected chi connectivity index (χ2v) is 6.98. The summed E-state index contributed by atoms with van der Waals surface area (Å²) in [4.78, 5) is 28.1. The summed E-state index contributed by atoms with van der Waals surface area (Å²) in [5, 5.41) is 2.98. The number of carbonyl (C=O) groups is 2. The van der Waals surface area contributed by atoms with E-state index in [-0.39, 0.29) is 23.9 Å². The molecule has 1 N–H and O–H groups in total. The molecule has 7 heteroatoms. The number of aryl methyl sites for hydroxylation is 1. The van der Waals surface area contributed by atoms with Crippen LogP contribution >= 0.6 is 0 Å². The first-order valence-corrected chi connectivity index (χ1v) is 9.70. The first-order chi connectivity index (χ1) is 14.4. The zero-order valence-corrected chi connectivity index (χ0v) is 17.0. The summed E-state index contributed by atoms with van der Waals surface area (Å²) in [6, 6.07) is 12.4. The van der Waals surface area contributed by atoms with Crippen LogP contribution in [0.25, 0.3) is 0 Å². The molecule has 0 radical (unpaired) electrons. The molecule has 0 saturated carbocycles. The number of Topliss-reactive ketones (excluding diaryl/α,β-unsaturated/α-hetero) is 1. The van der Waals surface area contributed by atoms with Crippen LogP contribution < -0.4 is 10.1 Å². The SMILES string of the molecule is CC(=O)c1ccc(OCCCC(=O)NC(c2ccc(F)cc2)c2nccn2C)cc1. The lowest BCUT2D eigenvalue weighted by Gasteiger charge is -2.19. The highest BCUT2D eigenvalue weighted by atomic mass is 19.1. The van der Waals surface area contributed by atoms with E-state index in [0.29, 0.717) is 30.2 Å². The Balaban J connectivity index is 1.55. The van der Waals surface area contributed by atoms with Gasteiger partial charge in [0.2, 0.25) is 5.91 Å². The summed E-state index contributed by atoms with van der Waals surface area (Å²) in [7, 11) is 1.84. The Morgan fingerprint density at radius 3 is 2.43 bits per heavy atom. The van der Waals surface area contributed by atoms with Gasteiger partial charge in [0.1, 0.15) is 23.4 Å². The Hall–Kier alpha value is -3.48. The predicted molar refractivity (Wildman–Crippen MR) is 111 cm³/mol. The van der Waals surface area contributed by atoms with Crippen LogP contribution in [0.3, 0.4) is 0 Å². The zero-order chi connectivity index (χ0) is 21.5. The lowest BCUT2D eigenvalue weighted by molar-refractivity contribution is -0.121. The number of carbonyl (C=O) groups excluding carboxylic acids is 2. The number of aromatic nitrogens is 2. The van der Waals surface area contributed by atoms with Gasteiger partial charge in [-0.15, -0.1) is 0 Å². The van der Waals surface area contributed by atoms with Crippen molar-refractivity contribution in [1.29, 1.82) is 0 Å². The van der Waals surface area contributed by atoms with E-state index in [1.165, 1.54) is 19.1 Å². The maximum absolute atomic E-state index is 13.3. The van der Waals surface area contributed by atoms with Gasteiger partial charge in [0, 0.05) is 31.4 Å². The summed E-state index contributed by atoms with van der Waals surface area (Å²) >= 11 is 0. The number of amides is 1. The Kier molecular flexibility index (Phi) is 6.95. The lowest BCUT2D eigenvalue weighted by atomic mass is 10.1. The molecule has 1 heterocycles. The number of halogens is 1. The summed E-state index contributed by atoms with van der Waals surface area (Å²) in [5.74, 6) is 0.830. The number of ether oxygens (including phenoxy) is 1. The first-order valence-electron chi connectivity index (χ1n) is 9.70. The van der Waals surface area contributed by atoms with Crippen molar-refractivity contribution in [3.63, 3.8) is 0 Å². The third-order valence-corrected chi connectivity index (χ3v) is 4.70. The summed E-state index contributed by atoms with van der Waals surface area (Å²) in [6.07, 6.45) is 4.25. The summed E-state index contributed by atoms with van der Waals surface area (Å²) in [5.41, 5.74) is 1.38. The molecule has 0 aliphatic carbocycles. The van der Waals surface area contributed by atoms with Gasteiger partial charge in [0.05, 0.1) is 6.61 Å². The van der Waals surface area contributed by atoms with Crippen LogP contribution in [-0.4, -0.2) is 27.8 Å². The second kappa shape index (κ2) is 9.82. The van der Waals surface area contributed by atoms with Crippen molar-refractivity contribution in [2.24, 2.45) is 7.05 Å². The Bertz CT molecular complexity index is 997. The normalized spacial score (nSPS) is 11.7. The number of hydrogen-bond acceptors (Lipinski definition) is 4. The van der Waals surface area contributed by atoms with Crippen LogP contribution in [0.15, 0.2) is 60.9 Å². The quantitative estimate of drug-likeness (QED) is 0.431. The highest BCUT2D eigenvalue weighted by Crippen LogP contribution is 2.21. The molecule has 0 spiro atoms. The van der Waals surface area contributed by atoms with Crippen LogP contribution in [0, 0.1) is 5.82 Å². The van der Waals surface area contributed by atoms with Crippen LogP contribution in [0.4, 0.5) is 4.39 Å². The molecule has 2 aromatic carbocycles. The molecule has 0 bridgehead atoms. The zero-order valence-electron chi connectivity index (χ0n) is 17.0. The van der Waals surface area contributed by atoms with Crippen molar-refractivity contribution in [3.05, 3.63) is 83.7 Å². The summed E-state index contributed by atoms with van der Waals surface area (Å²) in [6.45, 7) is 1.88. The fourth-order valence-corrected chi connectivity index (χ4v) is 3.05. The average molecular weight is 409 g/mol.